The van der Waals surface area contributed by atoms with Crippen molar-refractivity contribution in [2.45, 2.75) is 31.2 Å². The van der Waals surface area contributed by atoms with Gasteiger partial charge in [0.15, 0.2) is 0 Å². The Labute approximate surface area is 70.6 Å². The summed E-state index contributed by atoms with van der Waals surface area (Å²) in [5.41, 5.74) is 0. The molecule has 0 bridgehead atoms. The van der Waals surface area contributed by atoms with E-state index in [4.69, 9.17) is 5.11 Å². The summed E-state index contributed by atoms with van der Waals surface area (Å²) in [4.78, 5) is 10.5. The molecular formula is C7H13NO2S. The number of nitrogens with one attached hydrogen (secondary N) is 1. The molecule has 0 aromatic rings. The molecule has 4 heteroatoms. The van der Waals surface area contributed by atoms with Crippen LogP contribution in [0.5, 0.6) is 0 Å². The lowest BCUT2D eigenvalue weighted by molar-refractivity contribution is -0.138. The van der Waals surface area contributed by atoms with Gasteiger partial charge in [-0.15, -0.1) is 11.8 Å². The second-order valence-electron chi connectivity index (χ2n) is 2.67. The van der Waals surface area contributed by atoms with Crippen molar-refractivity contribution in [3.05, 3.63) is 0 Å². The Kier molecular flexibility index (Phi) is 3.20. The maximum Gasteiger partial charge on any atom is 0.321 e. The van der Waals surface area contributed by atoms with Crippen molar-refractivity contribution in [3.63, 3.8) is 0 Å². The van der Waals surface area contributed by atoms with Gasteiger partial charge in [0.1, 0.15) is 6.04 Å². The highest BCUT2D eigenvalue weighted by atomic mass is 32.2. The van der Waals surface area contributed by atoms with Crippen molar-refractivity contribution >= 4 is 17.7 Å². The van der Waals surface area contributed by atoms with Crippen LogP contribution in [0.15, 0.2) is 0 Å². The van der Waals surface area contributed by atoms with Crippen LogP contribution in [-0.2, 0) is 4.79 Å². The van der Waals surface area contributed by atoms with E-state index in [9.17, 15) is 4.79 Å². The Balaban J connectivity index is 2.29. The number of carboxylic acid groups (broad SMARTS) is 1. The van der Waals surface area contributed by atoms with E-state index in [0.717, 1.165) is 12.8 Å². The average Bonchev–Trinajstić information content (AvgIpc) is 2.37. The molecule has 0 aromatic carbocycles. The number of rotatable bonds is 3. The molecule has 64 valence electrons. The first kappa shape index (κ1) is 8.87. The number of carbonyl (C=O) groups is 1. The fraction of sp³-hybridized carbons (Fsp3) is 0.857. The van der Waals surface area contributed by atoms with Crippen LogP contribution in [0.2, 0.25) is 0 Å². The minimum absolute atomic E-state index is 0.323. The monoisotopic (exact) mass is 175 g/mol. The van der Waals surface area contributed by atoms with E-state index < -0.39 is 5.97 Å². The van der Waals surface area contributed by atoms with E-state index in [1.54, 1.807) is 11.8 Å². The molecule has 2 N–H and O–H groups in total. The molecule has 0 saturated carbocycles. The average molecular weight is 175 g/mol. The topological polar surface area (TPSA) is 49.3 Å². The molecular weight excluding hydrogens is 162 g/mol. The molecule has 0 aromatic heterocycles. The van der Waals surface area contributed by atoms with Crippen LogP contribution in [0.3, 0.4) is 0 Å². The van der Waals surface area contributed by atoms with E-state index in [0.29, 0.717) is 11.1 Å². The zero-order valence-electron chi connectivity index (χ0n) is 6.54. The van der Waals surface area contributed by atoms with E-state index in [2.05, 4.69) is 12.2 Å². The quantitative estimate of drug-likeness (QED) is 0.669. The third-order valence-corrected chi connectivity index (χ3v) is 3.00. The second kappa shape index (κ2) is 3.97. The van der Waals surface area contributed by atoms with Crippen LogP contribution in [0, 0.1) is 0 Å². The highest BCUT2D eigenvalue weighted by Gasteiger charge is 2.28. The van der Waals surface area contributed by atoms with Crippen LogP contribution >= 0.6 is 11.8 Å². The van der Waals surface area contributed by atoms with Gasteiger partial charge < -0.3 is 5.11 Å². The van der Waals surface area contributed by atoms with Crippen LogP contribution in [0.4, 0.5) is 0 Å². The molecule has 1 fully saturated rings. The lowest BCUT2D eigenvalue weighted by Crippen LogP contribution is -2.36. The first-order valence-electron chi connectivity index (χ1n) is 3.84. The van der Waals surface area contributed by atoms with Gasteiger partial charge in [0.2, 0.25) is 0 Å². The summed E-state index contributed by atoms with van der Waals surface area (Å²) in [5.74, 6) is -0.0175. The minimum Gasteiger partial charge on any atom is -0.480 e. The first-order valence-corrected chi connectivity index (χ1v) is 4.89. The van der Waals surface area contributed by atoms with Gasteiger partial charge in [-0.3, -0.25) is 10.1 Å². The normalized spacial score (nSPS) is 30.6. The number of hydrogen-bond donors (Lipinski definition) is 2. The Morgan fingerprint density at radius 3 is 3.00 bits per heavy atom. The molecule has 1 heterocycles. The molecule has 1 aliphatic rings. The molecule has 1 aliphatic heterocycles. The number of aliphatic carboxylic acids is 1. The van der Waals surface area contributed by atoms with Gasteiger partial charge >= 0.3 is 5.97 Å². The van der Waals surface area contributed by atoms with Crippen molar-refractivity contribution < 1.29 is 9.90 Å². The molecule has 0 amide bonds. The first-order chi connectivity index (χ1) is 5.24. The summed E-state index contributed by atoms with van der Waals surface area (Å²) in [6.07, 6.45) is 2.17. The van der Waals surface area contributed by atoms with E-state index in [1.165, 1.54) is 0 Å². The Morgan fingerprint density at radius 1 is 1.82 bits per heavy atom. The molecule has 3 nitrogen and oxygen atoms in total. The van der Waals surface area contributed by atoms with Gasteiger partial charge in [0.25, 0.3) is 0 Å². The van der Waals surface area contributed by atoms with Crippen molar-refractivity contribution in [1.82, 2.24) is 5.32 Å². The van der Waals surface area contributed by atoms with Gasteiger partial charge in [0, 0.05) is 5.75 Å². The van der Waals surface area contributed by atoms with Gasteiger partial charge in [-0.1, -0.05) is 13.3 Å². The lowest BCUT2D eigenvalue weighted by Gasteiger charge is -2.07. The van der Waals surface area contributed by atoms with Gasteiger partial charge in [0.05, 0.1) is 5.37 Å². The van der Waals surface area contributed by atoms with Crippen LogP contribution in [-0.4, -0.2) is 28.2 Å². The lowest BCUT2D eigenvalue weighted by atomic mass is 10.3. The summed E-state index contributed by atoms with van der Waals surface area (Å²) in [7, 11) is 0. The number of thioether (sulfide) groups is 1. The molecule has 11 heavy (non-hydrogen) atoms. The molecule has 1 rings (SSSR count). The third kappa shape index (κ3) is 2.38. The minimum atomic E-state index is -0.726. The van der Waals surface area contributed by atoms with Crippen molar-refractivity contribution in [3.8, 4) is 0 Å². The van der Waals surface area contributed by atoms with Gasteiger partial charge in [-0.2, -0.15) is 0 Å². The predicted octanol–water partition coefficient (Wildman–Crippen LogP) is 0.902. The fourth-order valence-electron chi connectivity index (χ4n) is 1.10. The van der Waals surface area contributed by atoms with Crippen LogP contribution in [0.1, 0.15) is 19.8 Å². The van der Waals surface area contributed by atoms with Crippen molar-refractivity contribution in [1.29, 1.82) is 0 Å². The number of carboxylic acids is 1. The zero-order chi connectivity index (χ0) is 8.27. The van der Waals surface area contributed by atoms with Gasteiger partial charge in [-0.25, -0.2) is 0 Å². The summed E-state index contributed by atoms with van der Waals surface area (Å²) >= 11 is 1.71. The summed E-state index contributed by atoms with van der Waals surface area (Å²) in [6.45, 7) is 2.11. The zero-order valence-corrected chi connectivity index (χ0v) is 7.36. The van der Waals surface area contributed by atoms with E-state index in [-0.39, 0.29) is 6.04 Å². The largest absolute Gasteiger partial charge is 0.480 e. The van der Waals surface area contributed by atoms with Crippen LogP contribution in [0.25, 0.3) is 0 Å². The van der Waals surface area contributed by atoms with Crippen molar-refractivity contribution in [2.24, 2.45) is 0 Å². The highest BCUT2D eigenvalue weighted by Crippen LogP contribution is 2.22. The molecule has 0 spiro atoms. The summed E-state index contributed by atoms with van der Waals surface area (Å²) < 4.78 is 0. The smallest absolute Gasteiger partial charge is 0.321 e. The van der Waals surface area contributed by atoms with Crippen molar-refractivity contribution in [2.75, 3.05) is 5.75 Å². The number of hydrogen-bond acceptors (Lipinski definition) is 3. The van der Waals surface area contributed by atoms with Gasteiger partial charge in [-0.05, 0) is 6.42 Å². The highest BCUT2D eigenvalue weighted by molar-refractivity contribution is 8.00. The molecule has 0 radical (unpaired) electrons. The molecule has 0 aliphatic carbocycles. The fourth-order valence-corrected chi connectivity index (χ4v) is 2.43. The second-order valence-corrected chi connectivity index (χ2v) is 3.90. The Hall–Kier alpha value is -0.220. The summed E-state index contributed by atoms with van der Waals surface area (Å²) in [6, 6.07) is -0.323. The molecule has 1 saturated heterocycles. The third-order valence-electron chi connectivity index (χ3n) is 1.70. The SMILES string of the molecule is CCC[C@H]1N[C@H](C(=O)O)CS1. The Bertz CT molecular complexity index is 151. The summed E-state index contributed by atoms with van der Waals surface area (Å²) in [5, 5.41) is 12.0. The Morgan fingerprint density at radius 2 is 2.55 bits per heavy atom. The van der Waals surface area contributed by atoms with E-state index >= 15 is 0 Å². The molecule has 0 unspecified atom stereocenters. The van der Waals surface area contributed by atoms with E-state index in [1.807, 2.05) is 0 Å². The standard InChI is InChI=1S/C7H13NO2S/c1-2-3-6-8-5(4-11-6)7(9)10/h5-6,8H,2-4H2,1H3,(H,9,10)/t5-,6-/m0/s1. The van der Waals surface area contributed by atoms with Crippen LogP contribution < -0.4 is 5.32 Å². The maximum absolute atomic E-state index is 10.5. The predicted molar refractivity (Wildman–Crippen MR) is 45.7 cm³/mol. The maximum atomic E-state index is 10.5. The molecule has 2 atom stereocenters.